The summed E-state index contributed by atoms with van der Waals surface area (Å²) in [6.45, 7) is 4.53. The minimum absolute atomic E-state index is 0.0200. The van der Waals surface area contributed by atoms with Crippen LogP contribution in [-0.4, -0.2) is 86.5 Å². The molecule has 2 unspecified atom stereocenters. The van der Waals surface area contributed by atoms with E-state index in [1.165, 1.54) is 16.4 Å². The number of carbonyl (C=O) groups excluding carboxylic acids is 1. The number of halogens is 1. The molecule has 1 aromatic carbocycles. The van der Waals surface area contributed by atoms with E-state index in [1.54, 1.807) is 12.1 Å². The number of thioether (sulfide) groups is 1. The van der Waals surface area contributed by atoms with Crippen molar-refractivity contribution >= 4 is 39.3 Å². The van der Waals surface area contributed by atoms with Crippen LogP contribution in [0.15, 0.2) is 29.2 Å². The second-order valence-corrected chi connectivity index (χ2v) is 12.0. The molecule has 0 aliphatic carbocycles. The average molecular weight is 488 g/mol. The minimum Gasteiger partial charge on any atom is -0.379 e. The zero-order chi connectivity index (χ0) is 21.9. The van der Waals surface area contributed by atoms with E-state index in [2.05, 4.69) is 10.2 Å². The summed E-state index contributed by atoms with van der Waals surface area (Å²) >= 11 is 7.83. The highest BCUT2D eigenvalue weighted by Gasteiger charge is 2.41. The van der Waals surface area contributed by atoms with E-state index in [1.807, 2.05) is 11.8 Å². The Balaban J connectivity index is 1.39. The molecule has 4 rings (SSSR count). The molecule has 0 spiro atoms. The van der Waals surface area contributed by atoms with E-state index in [-0.39, 0.29) is 28.8 Å². The van der Waals surface area contributed by atoms with Gasteiger partial charge in [0.05, 0.1) is 24.0 Å². The predicted octanol–water partition coefficient (Wildman–Crippen LogP) is 2.06. The fraction of sp³-hybridized carbons (Fsp3) is 0.667. The Morgan fingerprint density at radius 2 is 1.97 bits per heavy atom. The van der Waals surface area contributed by atoms with Gasteiger partial charge in [-0.05, 0) is 49.3 Å². The van der Waals surface area contributed by atoms with Gasteiger partial charge in [-0.15, -0.1) is 0 Å². The summed E-state index contributed by atoms with van der Waals surface area (Å²) in [6.07, 6.45) is 2.44. The molecular formula is C21H30ClN3O4S2. The Bertz CT molecular complexity index is 869. The van der Waals surface area contributed by atoms with Crippen molar-refractivity contribution in [2.45, 2.75) is 29.7 Å². The van der Waals surface area contributed by atoms with Crippen molar-refractivity contribution in [3.05, 3.63) is 29.3 Å². The second kappa shape index (κ2) is 9.97. The molecule has 3 fully saturated rings. The summed E-state index contributed by atoms with van der Waals surface area (Å²) in [6, 6.07) is 6.19. The predicted molar refractivity (Wildman–Crippen MR) is 123 cm³/mol. The maximum atomic E-state index is 13.0. The smallest absolute Gasteiger partial charge is 0.243 e. The van der Waals surface area contributed by atoms with E-state index in [4.69, 9.17) is 16.3 Å². The Kier molecular flexibility index (Phi) is 7.50. The lowest BCUT2D eigenvalue weighted by molar-refractivity contribution is -0.126. The van der Waals surface area contributed by atoms with Gasteiger partial charge in [-0.3, -0.25) is 9.69 Å². The summed E-state index contributed by atoms with van der Waals surface area (Å²) in [7, 11) is -3.64. The van der Waals surface area contributed by atoms with Gasteiger partial charge in [0.1, 0.15) is 0 Å². The molecule has 1 amide bonds. The number of ether oxygens (including phenoxy) is 1. The molecule has 1 N–H and O–H groups in total. The lowest BCUT2D eigenvalue weighted by Gasteiger charge is -2.43. The minimum atomic E-state index is -3.64. The van der Waals surface area contributed by atoms with Gasteiger partial charge < -0.3 is 10.1 Å². The van der Waals surface area contributed by atoms with Crippen LogP contribution in [0.4, 0.5) is 0 Å². The summed E-state index contributed by atoms with van der Waals surface area (Å²) in [5, 5.41) is 3.67. The molecule has 2 atom stereocenters. The second-order valence-electron chi connectivity index (χ2n) is 8.50. The van der Waals surface area contributed by atoms with Crippen LogP contribution in [0, 0.1) is 5.92 Å². The highest BCUT2D eigenvalue weighted by Crippen LogP contribution is 2.34. The monoisotopic (exact) mass is 487 g/mol. The Hall–Kier alpha value is -0.840. The molecule has 31 heavy (non-hydrogen) atoms. The summed E-state index contributed by atoms with van der Waals surface area (Å²) in [5.74, 6) is 1.74. The van der Waals surface area contributed by atoms with E-state index in [9.17, 15) is 13.2 Å². The molecule has 1 aromatic rings. The van der Waals surface area contributed by atoms with Crippen molar-refractivity contribution in [2.24, 2.45) is 5.92 Å². The first kappa shape index (κ1) is 23.3. The number of carbonyl (C=O) groups is 1. The molecule has 172 valence electrons. The summed E-state index contributed by atoms with van der Waals surface area (Å²) in [5.41, 5.74) is -0.0200. The number of piperidine rings is 1. The van der Waals surface area contributed by atoms with Crippen molar-refractivity contribution in [3.8, 4) is 0 Å². The van der Waals surface area contributed by atoms with Gasteiger partial charge in [-0.2, -0.15) is 16.1 Å². The van der Waals surface area contributed by atoms with E-state index in [0.717, 1.165) is 44.2 Å². The molecule has 3 heterocycles. The van der Waals surface area contributed by atoms with Crippen molar-refractivity contribution in [1.82, 2.24) is 14.5 Å². The third-order valence-corrected chi connectivity index (χ3v) is 9.93. The van der Waals surface area contributed by atoms with Crippen LogP contribution in [0.1, 0.15) is 19.3 Å². The zero-order valence-electron chi connectivity index (χ0n) is 17.6. The summed E-state index contributed by atoms with van der Waals surface area (Å²) < 4.78 is 33.0. The van der Waals surface area contributed by atoms with Crippen molar-refractivity contribution in [1.29, 1.82) is 0 Å². The third-order valence-electron chi connectivity index (χ3n) is 6.56. The van der Waals surface area contributed by atoms with Gasteiger partial charge in [-0.25, -0.2) is 8.42 Å². The van der Waals surface area contributed by atoms with Crippen LogP contribution in [0.25, 0.3) is 0 Å². The maximum Gasteiger partial charge on any atom is 0.243 e. The lowest BCUT2D eigenvalue weighted by atomic mass is 9.94. The molecule has 0 aromatic heterocycles. The van der Waals surface area contributed by atoms with Gasteiger partial charge in [0, 0.05) is 49.0 Å². The first-order valence-corrected chi connectivity index (χ1v) is 13.8. The summed E-state index contributed by atoms with van der Waals surface area (Å²) in [4.78, 5) is 15.7. The zero-order valence-corrected chi connectivity index (χ0v) is 20.0. The number of nitrogens with one attached hydrogen (secondary N) is 1. The molecule has 3 saturated heterocycles. The standard InChI is InChI=1S/C21H30ClN3O4S2/c22-18-3-5-19(6-4-18)31(27,28)25-8-1-2-17(14-25)20(26)23-15-21(7-13-30-16-21)24-9-11-29-12-10-24/h3-6,17H,1-2,7-16H2,(H,23,26). The highest BCUT2D eigenvalue weighted by atomic mass is 35.5. The van der Waals surface area contributed by atoms with Crippen LogP contribution < -0.4 is 5.32 Å². The number of hydrogen-bond acceptors (Lipinski definition) is 6. The molecule has 7 nitrogen and oxygen atoms in total. The topological polar surface area (TPSA) is 79.0 Å². The Morgan fingerprint density at radius 3 is 2.65 bits per heavy atom. The van der Waals surface area contributed by atoms with Crippen LogP contribution >= 0.6 is 23.4 Å². The molecule has 0 radical (unpaired) electrons. The Labute approximate surface area is 193 Å². The van der Waals surface area contributed by atoms with E-state index < -0.39 is 10.0 Å². The van der Waals surface area contributed by atoms with Crippen molar-refractivity contribution in [3.63, 3.8) is 0 Å². The Morgan fingerprint density at radius 1 is 1.23 bits per heavy atom. The van der Waals surface area contributed by atoms with Gasteiger partial charge >= 0.3 is 0 Å². The molecule has 3 aliphatic rings. The maximum absolute atomic E-state index is 13.0. The number of hydrogen-bond donors (Lipinski definition) is 1. The van der Waals surface area contributed by atoms with Gasteiger partial charge in [0.2, 0.25) is 15.9 Å². The average Bonchev–Trinajstić information content (AvgIpc) is 3.29. The first-order valence-electron chi connectivity index (χ1n) is 10.8. The molecule has 0 bridgehead atoms. The van der Waals surface area contributed by atoms with Crippen molar-refractivity contribution < 1.29 is 17.9 Å². The molecule has 10 heteroatoms. The number of benzene rings is 1. The SMILES string of the molecule is O=C(NCC1(N2CCOCC2)CCSC1)C1CCCN(S(=O)(=O)c2ccc(Cl)cc2)C1. The first-order chi connectivity index (χ1) is 14.9. The van der Waals surface area contributed by atoms with Crippen LogP contribution in [0.2, 0.25) is 5.02 Å². The number of rotatable bonds is 6. The van der Waals surface area contributed by atoms with E-state index >= 15 is 0 Å². The van der Waals surface area contributed by atoms with Crippen LogP contribution in [0.5, 0.6) is 0 Å². The van der Waals surface area contributed by atoms with E-state index in [0.29, 0.717) is 31.0 Å². The van der Waals surface area contributed by atoms with Gasteiger partial charge in [0.15, 0.2) is 0 Å². The quantitative estimate of drug-likeness (QED) is 0.661. The molecule has 3 aliphatic heterocycles. The van der Waals surface area contributed by atoms with Gasteiger partial charge in [0.25, 0.3) is 0 Å². The number of morpholine rings is 1. The largest absolute Gasteiger partial charge is 0.379 e. The van der Waals surface area contributed by atoms with Gasteiger partial charge in [-0.1, -0.05) is 11.6 Å². The fourth-order valence-corrected chi connectivity index (χ4v) is 7.79. The van der Waals surface area contributed by atoms with Crippen LogP contribution in [-0.2, 0) is 19.6 Å². The van der Waals surface area contributed by atoms with Crippen LogP contribution in [0.3, 0.4) is 0 Å². The number of amides is 1. The van der Waals surface area contributed by atoms with Crippen molar-refractivity contribution in [2.75, 3.05) is 57.4 Å². The molecule has 0 saturated carbocycles. The third kappa shape index (κ3) is 5.23. The molecular weight excluding hydrogens is 458 g/mol. The normalized spacial score (nSPS) is 28.5. The number of nitrogens with zero attached hydrogens (tertiary/aromatic N) is 2. The highest BCUT2D eigenvalue weighted by molar-refractivity contribution is 7.99. The number of sulfonamides is 1. The lowest BCUT2D eigenvalue weighted by Crippen LogP contribution is -2.60. The fourth-order valence-electron chi connectivity index (χ4n) is 4.66.